The van der Waals surface area contributed by atoms with E-state index in [0.29, 0.717) is 60.8 Å². The molecule has 0 aromatic heterocycles. The van der Waals surface area contributed by atoms with Crippen molar-refractivity contribution < 1.29 is 19.0 Å². The first-order valence-corrected chi connectivity index (χ1v) is 9.88. The first-order valence-electron chi connectivity index (χ1n) is 9.12. The Morgan fingerprint density at radius 1 is 1.11 bits per heavy atom. The number of methoxy groups -OCH3 is 1. The maximum Gasteiger partial charge on any atom is 0.235 e. The van der Waals surface area contributed by atoms with Gasteiger partial charge in [-0.1, -0.05) is 41.4 Å². The molecule has 7 heteroatoms. The molecule has 1 amide bonds. The molecule has 1 N–H and O–H groups in total. The van der Waals surface area contributed by atoms with Gasteiger partial charge in [0.15, 0.2) is 0 Å². The van der Waals surface area contributed by atoms with Crippen molar-refractivity contribution in [2.45, 2.75) is 18.3 Å². The molecule has 0 radical (unpaired) electrons. The monoisotopic (exact) mass is 423 g/mol. The van der Waals surface area contributed by atoms with Gasteiger partial charge in [-0.2, -0.15) is 0 Å². The van der Waals surface area contributed by atoms with Crippen LogP contribution in [0.4, 0.5) is 5.69 Å². The first-order chi connectivity index (χ1) is 13.6. The summed E-state index contributed by atoms with van der Waals surface area (Å²) >= 11 is 12.7. The quantitative estimate of drug-likeness (QED) is 0.655. The lowest BCUT2D eigenvalue weighted by Crippen LogP contribution is -2.45. The van der Waals surface area contributed by atoms with Crippen molar-refractivity contribution in [3.05, 3.63) is 58.1 Å². The highest BCUT2D eigenvalue weighted by atomic mass is 35.5. The Hall–Kier alpha value is -1.79. The van der Waals surface area contributed by atoms with E-state index in [9.17, 15) is 4.79 Å². The molecule has 1 heterocycles. The van der Waals surface area contributed by atoms with Crippen LogP contribution in [-0.2, 0) is 19.7 Å². The van der Waals surface area contributed by atoms with E-state index in [1.54, 1.807) is 25.3 Å². The van der Waals surface area contributed by atoms with Gasteiger partial charge < -0.3 is 19.5 Å². The lowest BCUT2D eigenvalue weighted by Gasteiger charge is -2.36. The molecule has 0 bridgehead atoms. The Morgan fingerprint density at radius 2 is 1.86 bits per heavy atom. The van der Waals surface area contributed by atoms with Gasteiger partial charge in [0.05, 0.1) is 17.0 Å². The number of halogens is 2. The van der Waals surface area contributed by atoms with Gasteiger partial charge in [0.1, 0.15) is 12.4 Å². The van der Waals surface area contributed by atoms with E-state index in [1.807, 2.05) is 24.3 Å². The van der Waals surface area contributed by atoms with Crippen LogP contribution >= 0.6 is 23.2 Å². The van der Waals surface area contributed by atoms with E-state index in [0.717, 1.165) is 5.56 Å². The van der Waals surface area contributed by atoms with Crippen LogP contribution < -0.4 is 10.1 Å². The molecule has 3 rings (SSSR count). The van der Waals surface area contributed by atoms with Crippen molar-refractivity contribution in [2.75, 3.05) is 38.9 Å². The predicted octanol–water partition coefficient (Wildman–Crippen LogP) is 4.71. The molecule has 150 valence electrons. The second-order valence-electron chi connectivity index (χ2n) is 6.61. The highest BCUT2D eigenvalue weighted by Gasteiger charge is 2.43. The maximum atomic E-state index is 13.3. The molecular weight excluding hydrogens is 401 g/mol. The fourth-order valence-electron chi connectivity index (χ4n) is 3.37. The zero-order chi connectivity index (χ0) is 20.0. The van der Waals surface area contributed by atoms with Gasteiger partial charge >= 0.3 is 0 Å². The maximum absolute atomic E-state index is 13.3. The summed E-state index contributed by atoms with van der Waals surface area (Å²) in [6, 6.07) is 12.7. The van der Waals surface area contributed by atoms with E-state index in [4.69, 9.17) is 37.4 Å². The summed E-state index contributed by atoms with van der Waals surface area (Å²) < 4.78 is 16.0. The molecule has 0 atom stereocenters. The van der Waals surface area contributed by atoms with Crippen molar-refractivity contribution in [1.82, 2.24) is 0 Å². The zero-order valence-corrected chi connectivity index (χ0v) is 17.2. The third-order valence-electron chi connectivity index (χ3n) is 4.91. The Balaban J connectivity index is 1.81. The van der Waals surface area contributed by atoms with Crippen molar-refractivity contribution in [3.8, 4) is 5.75 Å². The molecule has 1 aliphatic rings. The highest BCUT2D eigenvalue weighted by Crippen LogP contribution is 2.40. The molecule has 1 fully saturated rings. The SMILES string of the molecule is COCCOc1ccc(NC(=O)C2(c3ccccc3Cl)CCOCC2)cc1Cl. The molecule has 5 nitrogen and oxygen atoms in total. The fraction of sp³-hybridized carbons (Fsp3) is 0.381. The van der Waals surface area contributed by atoms with Crippen LogP contribution in [0.1, 0.15) is 18.4 Å². The highest BCUT2D eigenvalue weighted by molar-refractivity contribution is 6.32. The zero-order valence-electron chi connectivity index (χ0n) is 15.7. The number of rotatable bonds is 7. The second kappa shape index (κ2) is 9.61. The molecule has 2 aromatic carbocycles. The summed E-state index contributed by atoms with van der Waals surface area (Å²) in [6.07, 6.45) is 1.13. The standard InChI is InChI=1S/C21H23Cl2NO4/c1-26-12-13-28-19-7-6-15(14-18(19)23)24-20(25)21(8-10-27-11-9-21)16-4-2-3-5-17(16)22/h2-7,14H,8-13H2,1H3,(H,24,25). The first kappa shape index (κ1) is 20.9. The topological polar surface area (TPSA) is 56.8 Å². The van der Waals surface area contributed by atoms with Gasteiger partial charge in [0, 0.05) is 31.0 Å². The van der Waals surface area contributed by atoms with E-state index >= 15 is 0 Å². The van der Waals surface area contributed by atoms with Gasteiger partial charge in [0.25, 0.3) is 0 Å². The lowest BCUT2D eigenvalue weighted by molar-refractivity contribution is -0.125. The Morgan fingerprint density at radius 3 is 2.54 bits per heavy atom. The number of benzene rings is 2. The lowest BCUT2D eigenvalue weighted by atomic mass is 9.73. The average Bonchev–Trinajstić information content (AvgIpc) is 2.70. The summed E-state index contributed by atoms with van der Waals surface area (Å²) in [7, 11) is 1.61. The number of hydrogen-bond acceptors (Lipinski definition) is 4. The minimum atomic E-state index is -0.739. The average molecular weight is 424 g/mol. The van der Waals surface area contributed by atoms with Crippen molar-refractivity contribution in [2.24, 2.45) is 0 Å². The molecule has 1 saturated heterocycles. The van der Waals surface area contributed by atoms with Gasteiger partial charge in [-0.25, -0.2) is 0 Å². The Labute approximate surface area is 174 Å². The van der Waals surface area contributed by atoms with E-state index in [1.165, 1.54) is 0 Å². The summed E-state index contributed by atoms with van der Waals surface area (Å²) in [5.74, 6) is 0.427. The smallest absolute Gasteiger partial charge is 0.235 e. The van der Waals surface area contributed by atoms with Crippen LogP contribution in [0.2, 0.25) is 10.0 Å². The number of anilines is 1. The Kier molecular flexibility index (Phi) is 7.18. The molecule has 1 aliphatic heterocycles. The van der Waals surface area contributed by atoms with Crippen LogP contribution in [0.5, 0.6) is 5.75 Å². The van der Waals surface area contributed by atoms with Gasteiger partial charge in [-0.15, -0.1) is 0 Å². The van der Waals surface area contributed by atoms with Crippen molar-refractivity contribution in [3.63, 3.8) is 0 Å². The number of hydrogen-bond donors (Lipinski definition) is 1. The van der Waals surface area contributed by atoms with Crippen LogP contribution in [-0.4, -0.2) is 39.4 Å². The normalized spacial score (nSPS) is 15.8. The van der Waals surface area contributed by atoms with E-state index < -0.39 is 5.41 Å². The third kappa shape index (κ3) is 4.61. The second-order valence-corrected chi connectivity index (χ2v) is 7.43. The van der Waals surface area contributed by atoms with Crippen LogP contribution in [0.3, 0.4) is 0 Å². The van der Waals surface area contributed by atoms with Crippen LogP contribution in [0.15, 0.2) is 42.5 Å². The molecular formula is C21H23Cl2NO4. The van der Waals surface area contributed by atoms with E-state index in [2.05, 4.69) is 5.32 Å². The number of nitrogens with one attached hydrogen (secondary N) is 1. The number of ether oxygens (including phenoxy) is 3. The van der Waals surface area contributed by atoms with Gasteiger partial charge in [-0.3, -0.25) is 4.79 Å². The molecule has 2 aromatic rings. The third-order valence-corrected chi connectivity index (χ3v) is 5.53. The minimum Gasteiger partial charge on any atom is -0.490 e. The number of amides is 1. The molecule has 0 unspecified atom stereocenters. The molecule has 28 heavy (non-hydrogen) atoms. The van der Waals surface area contributed by atoms with E-state index in [-0.39, 0.29) is 5.91 Å². The van der Waals surface area contributed by atoms with Crippen LogP contribution in [0, 0.1) is 0 Å². The van der Waals surface area contributed by atoms with Gasteiger partial charge in [-0.05, 0) is 42.7 Å². The fourth-order valence-corrected chi connectivity index (χ4v) is 3.92. The summed E-state index contributed by atoms with van der Waals surface area (Å²) in [5.41, 5.74) is 0.687. The van der Waals surface area contributed by atoms with Gasteiger partial charge in [0.2, 0.25) is 5.91 Å². The van der Waals surface area contributed by atoms with Crippen LogP contribution in [0.25, 0.3) is 0 Å². The number of carbonyl (C=O) groups is 1. The molecule has 0 aliphatic carbocycles. The molecule has 0 spiro atoms. The largest absolute Gasteiger partial charge is 0.490 e. The number of carbonyl (C=O) groups excluding carboxylic acids is 1. The summed E-state index contributed by atoms with van der Waals surface area (Å²) in [6.45, 7) is 1.88. The predicted molar refractivity (Wildman–Crippen MR) is 111 cm³/mol. The summed E-state index contributed by atoms with van der Waals surface area (Å²) in [4.78, 5) is 13.3. The Bertz CT molecular complexity index is 822. The van der Waals surface area contributed by atoms with Crippen molar-refractivity contribution in [1.29, 1.82) is 0 Å². The molecule has 0 saturated carbocycles. The minimum absolute atomic E-state index is 0.118. The summed E-state index contributed by atoms with van der Waals surface area (Å²) in [5, 5.41) is 4.00. The van der Waals surface area contributed by atoms with Crippen molar-refractivity contribution >= 4 is 34.8 Å².